The van der Waals surface area contributed by atoms with E-state index in [-0.39, 0.29) is 17.4 Å². The topological polar surface area (TPSA) is 84.3 Å². The van der Waals surface area contributed by atoms with Crippen molar-refractivity contribution >= 4 is 0 Å². The highest BCUT2D eigenvalue weighted by molar-refractivity contribution is 5.55. The van der Waals surface area contributed by atoms with E-state index in [0.29, 0.717) is 24.2 Å². The van der Waals surface area contributed by atoms with Crippen LogP contribution < -0.4 is 0 Å². The third-order valence-corrected chi connectivity index (χ3v) is 5.39. The van der Waals surface area contributed by atoms with Gasteiger partial charge in [-0.05, 0) is 19.1 Å². The monoisotopic (exact) mass is 436 g/mol. The summed E-state index contributed by atoms with van der Waals surface area (Å²) in [6.45, 7) is 7.63. The maximum atomic E-state index is 12.9. The smallest absolute Gasteiger partial charge is 0.338 e. The molecule has 3 heterocycles. The van der Waals surface area contributed by atoms with Gasteiger partial charge in [0, 0.05) is 38.2 Å². The highest BCUT2D eigenvalue weighted by Crippen LogP contribution is 2.31. The molecule has 2 aromatic heterocycles. The molecule has 0 bridgehead atoms. The predicted octanol–water partition coefficient (Wildman–Crippen LogP) is 3.58. The number of nitrogens with zero attached hydrogens (tertiary/aromatic N) is 6. The first-order valence-electron chi connectivity index (χ1n) is 10.1. The Balaban J connectivity index is 1.34. The van der Waals surface area contributed by atoms with Crippen molar-refractivity contribution in [3.8, 4) is 11.4 Å². The lowest BCUT2D eigenvalue weighted by Crippen LogP contribution is -2.46. The van der Waals surface area contributed by atoms with Gasteiger partial charge in [0.25, 0.3) is 0 Å². The zero-order valence-corrected chi connectivity index (χ0v) is 17.3. The first-order chi connectivity index (χ1) is 14.8. The van der Waals surface area contributed by atoms with Crippen molar-refractivity contribution in [1.29, 1.82) is 0 Å². The van der Waals surface area contributed by atoms with Crippen LogP contribution in [0.15, 0.2) is 33.3 Å². The van der Waals surface area contributed by atoms with Crippen LogP contribution in [0.25, 0.3) is 11.4 Å². The molecule has 11 heteroatoms. The van der Waals surface area contributed by atoms with E-state index < -0.39 is 11.7 Å². The molecular weight excluding hydrogens is 413 g/mol. The quantitative estimate of drug-likeness (QED) is 0.580. The second-order valence-electron chi connectivity index (χ2n) is 7.48. The van der Waals surface area contributed by atoms with E-state index in [1.54, 1.807) is 0 Å². The van der Waals surface area contributed by atoms with Gasteiger partial charge in [-0.2, -0.15) is 23.1 Å². The molecule has 1 unspecified atom stereocenters. The molecule has 1 aromatic carbocycles. The van der Waals surface area contributed by atoms with Gasteiger partial charge >= 0.3 is 6.18 Å². The van der Waals surface area contributed by atoms with Crippen LogP contribution in [0, 0.1) is 0 Å². The zero-order valence-electron chi connectivity index (χ0n) is 17.3. The summed E-state index contributed by atoms with van der Waals surface area (Å²) in [6, 6.07) is 4.94. The minimum absolute atomic E-state index is 0.0332. The SMILES string of the molecule is CCc1noc(C(C)N2CCN(Cc3nc(-c4cccc(C(F)(F)F)c4)no3)CC2)n1. The molecule has 0 saturated carbocycles. The molecule has 0 radical (unpaired) electrons. The number of hydrogen-bond donors (Lipinski definition) is 0. The third kappa shape index (κ3) is 4.93. The Morgan fingerprint density at radius 3 is 2.52 bits per heavy atom. The Labute approximate surface area is 177 Å². The number of halogens is 3. The zero-order chi connectivity index (χ0) is 22.0. The Hall–Kier alpha value is -2.79. The average molecular weight is 436 g/mol. The first-order valence-corrected chi connectivity index (χ1v) is 10.1. The Morgan fingerprint density at radius 2 is 1.84 bits per heavy atom. The lowest BCUT2D eigenvalue weighted by Gasteiger charge is -2.36. The molecule has 4 rings (SSSR count). The molecule has 1 aliphatic heterocycles. The van der Waals surface area contributed by atoms with Crippen LogP contribution in [-0.4, -0.2) is 56.3 Å². The summed E-state index contributed by atoms with van der Waals surface area (Å²) >= 11 is 0. The van der Waals surface area contributed by atoms with Crippen molar-refractivity contribution in [2.45, 2.75) is 39.0 Å². The molecule has 1 fully saturated rings. The third-order valence-electron chi connectivity index (χ3n) is 5.39. The van der Waals surface area contributed by atoms with Gasteiger partial charge in [-0.15, -0.1) is 0 Å². The van der Waals surface area contributed by atoms with Gasteiger partial charge in [0.15, 0.2) is 5.82 Å². The van der Waals surface area contributed by atoms with Gasteiger partial charge < -0.3 is 9.05 Å². The summed E-state index contributed by atoms with van der Waals surface area (Å²) in [6.07, 6.45) is -3.69. The molecular formula is C20H23F3N6O2. The fourth-order valence-corrected chi connectivity index (χ4v) is 3.51. The van der Waals surface area contributed by atoms with Gasteiger partial charge in [0.2, 0.25) is 17.6 Å². The summed E-state index contributed by atoms with van der Waals surface area (Å²) in [4.78, 5) is 13.1. The van der Waals surface area contributed by atoms with Gasteiger partial charge in [-0.3, -0.25) is 9.80 Å². The number of piperazine rings is 1. The molecule has 31 heavy (non-hydrogen) atoms. The van der Waals surface area contributed by atoms with Crippen molar-refractivity contribution in [2.24, 2.45) is 0 Å². The van der Waals surface area contributed by atoms with Crippen LogP contribution >= 0.6 is 0 Å². The van der Waals surface area contributed by atoms with E-state index in [1.807, 2.05) is 13.8 Å². The van der Waals surface area contributed by atoms with E-state index in [4.69, 9.17) is 9.05 Å². The van der Waals surface area contributed by atoms with Gasteiger partial charge in [-0.25, -0.2) is 0 Å². The maximum absolute atomic E-state index is 12.9. The molecule has 0 N–H and O–H groups in total. The first kappa shape index (κ1) is 21.4. The molecule has 166 valence electrons. The van der Waals surface area contributed by atoms with E-state index in [0.717, 1.165) is 44.7 Å². The molecule has 0 aliphatic carbocycles. The van der Waals surface area contributed by atoms with Crippen LogP contribution in [0.2, 0.25) is 0 Å². The summed E-state index contributed by atoms with van der Waals surface area (Å²) in [5, 5.41) is 7.80. The molecule has 1 atom stereocenters. The van der Waals surface area contributed by atoms with Gasteiger partial charge in [-0.1, -0.05) is 29.4 Å². The van der Waals surface area contributed by atoms with Gasteiger partial charge in [0.1, 0.15) is 0 Å². The number of alkyl halides is 3. The lowest BCUT2D eigenvalue weighted by atomic mass is 10.1. The lowest BCUT2D eigenvalue weighted by molar-refractivity contribution is -0.137. The van der Waals surface area contributed by atoms with Crippen molar-refractivity contribution < 1.29 is 22.2 Å². The molecule has 1 aliphatic rings. The van der Waals surface area contributed by atoms with Crippen LogP contribution in [-0.2, 0) is 19.1 Å². The van der Waals surface area contributed by atoms with E-state index >= 15 is 0 Å². The standard InChI is InChI=1S/C20H23F3N6O2/c1-3-16-24-19(31-26-16)13(2)29-9-7-28(8-10-29)12-17-25-18(27-30-17)14-5-4-6-15(11-14)20(21,22)23/h4-6,11,13H,3,7-10,12H2,1-2H3. The summed E-state index contributed by atoms with van der Waals surface area (Å²) < 4.78 is 49.4. The summed E-state index contributed by atoms with van der Waals surface area (Å²) in [5.41, 5.74) is -0.469. The van der Waals surface area contributed by atoms with E-state index in [9.17, 15) is 13.2 Å². The number of aryl methyl sites for hydroxylation is 1. The Kier molecular flexibility index (Phi) is 6.05. The number of benzene rings is 1. The average Bonchev–Trinajstić information content (AvgIpc) is 3.43. The minimum atomic E-state index is -4.42. The summed E-state index contributed by atoms with van der Waals surface area (Å²) in [5.74, 6) is 1.84. The maximum Gasteiger partial charge on any atom is 0.416 e. The second-order valence-corrected chi connectivity index (χ2v) is 7.48. The molecule has 3 aromatic rings. The van der Waals surface area contributed by atoms with Crippen molar-refractivity contribution in [3.63, 3.8) is 0 Å². The van der Waals surface area contributed by atoms with Crippen LogP contribution in [0.1, 0.15) is 43.1 Å². The second kappa shape index (κ2) is 8.75. The van der Waals surface area contributed by atoms with Crippen LogP contribution in [0.5, 0.6) is 0 Å². The van der Waals surface area contributed by atoms with E-state index in [2.05, 4.69) is 30.1 Å². The Morgan fingerprint density at radius 1 is 1.06 bits per heavy atom. The summed E-state index contributed by atoms with van der Waals surface area (Å²) in [7, 11) is 0. The number of hydrogen-bond acceptors (Lipinski definition) is 8. The molecule has 0 amide bonds. The molecule has 8 nitrogen and oxygen atoms in total. The normalized spacial score (nSPS) is 17.2. The van der Waals surface area contributed by atoms with E-state index in [1.165, 1.54) is 12.1 Å². The molecule has 0 spiro atoms. The fourth-order valence-electron chi connectivity index (χ4n) is 3.51. The number of aromatic nitrogens is 4. The fraction of sp³-hybridized carbons (Fsp3) is 0.500. The van der Waals surface area contributed by atoms with Gasteiger partial charge in [0.05, 0.1) is 18.2 Å². The predicted molar refractivity (Wildman–Crippen MR) is 104 cm³/mol. The van der Waals surface area contributed by atoms with Crippen molar-refractivity contribution in [3.05, 3.63) is 47.4 Å². The highest BCUT2D eigenvalue weighted by atomic mass is 19.4. The Bertz CT molecular complexity index is 1010. The van der Waals surface area contributed by atoms with Crippen molar-refractivity contribution in [1.82, 2.24) is 30.1 Å². The van der Waals surface area contributed by atoms with Crippen molar-refractivity contribution in [2.75, 3.05) is 26.2 Å². The minimum Gasteiger partial charge on any atom is -0.338 e. The van der Waals surface area contributed by atoms with Crippen LogP contribution in [0.4, 0.5) is 13.2 Å². The molecule has 1 saturated heterocycles. The number of rotatable bonds is 6. The highest BCUT2D eigenvalue weighted by Gasteiger charge is 2.31. The largest absolute Gasteiger partial charge is 0.416 e. The van der Waals surface area contributed by atoms with Crippen LogP contribution in [0.3, 0.4) is 0 Å².